The van der Waals surface area contributed by atoms with E-state index < -0.39 is 5.56 Å². The zero-order valence-corrected chi connectivity index (χ0v) is 8.85. The third kappa shape index (κ3) is 3.55. The van der Waals surface area contributed by atoms with E-state index in [4.69, 9.17) is 16.3 Å². The molecule has 0 bridgehead atoms. The van der Waals surface area contributed by atoms with Crippen LogP contribution >= 0.6 is 11.6 Å². The zero-order valence-electron chi connectivity index (χ0n) is 8.09. The second-order valence-electron chi connectivity index (χ2n) is 3.59. The predicted molar refractivity (Wildman–Crippen MR) is 52.6 cm³/mol. The van der Waals surface area contributed by atoms with Gasteiger partial charge in [0.2, 0.25) is 0 Å². The van der Waals surface area contributed by atoms with Gasteiger partial charge in [0.25, 0.3) is 0 Å². The van der Waals surface area contributed by atoms with Crippen LogP contribution in [0.5, 0.6) is 0 Å². The number of halogens is 1. The minimum Gasteiger partial charge on any atom is -0.446 e. The van der Waals surface area contributed by atoms with Crippen molar-refractivity contribution in [2.24, 2.45) is 5.92 Å². The molecule has 13 heavy (non-hydrogen) atoms. The molecule has 0 aromatic rings. The maximum Gasteiger partial charge on any atom is 0.306 e. The topological polar surface area (TPSA) is 26.3 Å². The third-order valence-electron chi connectivity index (χ3n) is 2.55. The molecule has 0 spiro atoms. The lowest BCUT2D eigenvalue weighted by Crippen LogP contribution is -2.23. The van der Waals surface area contributed by atoms with Crippen LogP contribution in [0.25, 0.3) is 0 Å². The van der Waals surface area contributed by atoms with Crippen molar-refractivity contribution in [3.63, 3.8) is 0 Å². The molecule has 0 aromatic heterocycles. The average Bonchev–Trinajstić information content (AvgIpc) is 2.19. The van der Waals surface area contributed by atoms with Crippen LogP contribution in [0.2, 0.25) is 0 Å². The molecule has 1 aliphatic rings. The molecule has 1 aliphatic carbocycles. The van der Waals surface area contributed by atoms with Crippen molar-refractivity contribution in [2.75, 3.05) is 0 Å². The molecule has 2 nitrogen and oxygen atoms in total. The molecule has 0 N–H and O–H groups in total. The van der Waals surface area contributed by atoms with Gasteiger partial charge in [-0.15, -0.1) is 0 Å². The van der Waals surface area contributed by atoms with E-state index in [0.717, 1.165) is 12.8 Å². The van der Waals surface area contributed by atoms with Gasteiger partial charge in [-0.05, 0) is 12.8 Å². The van der Waals surface area contributed by atoms with Gasteiger partial charge in [-0.2, -0.15) is 0 Å². The van der Waals surface area contributed by atoms with Crippen LogP contribution in [0.1, 0.15) is 45.4 Å². The Balaban J connectivity index is 2.28. The van der Waals surface area contributed by atoms with E-state index in [1.807, 2.05) is 0 Å². The van der Waals surface area contributed by atoms with Crippen molar-refractivity contribution in [3.8, 4) is 0 Å². The highest BCUT2D eigenvalue weighted by molar-refractivity contribution is 6.20. The van der Waals surface area contributed by atoms with E-state index in [2.05, 4.69) is 0 Å². The van der Waals surface area contributed by atoms with Gasteiger partial charge in [-0.25, -0.2) is 0 Å². The SMILES string of the molecule is CCC(=O)OC(Cl)C1CCCCC1. The average molecular weight is 205 g/mol. The normalized spacial score (nSPS) is 21.1. The highest BCUT2D eigenvalue weighted by Crippen LogP contribution is 2.29. The summed E-state index contributed by atoms with van der Waals surface area (Å²) in [4.78, 5) is 11.0. The Hall–Kier alpha value is -0.240. The third-order valence-corrected chi connectivity index (χ3v) is 3.00. The highest BCUT2D eigenvalue weighted by atomic mass is 35.5. The summed E-state index contributed by atoms with van der Waals surface area (Å²) in [6.45, 7) is 1.78. The standard InChI is InChI=1S/C10H17ClO2/c1-2-9(12)13-10(11)8-6-4-3-5-7-8/h8,10H,2-7H2,1H3. The first-order chi connectivity index (χ1) is 6.24. The Morgan fingerprint density at radius 2 is 2.08 bits per heavy atom. The van der Waals surface area contributed by atoms with Crippen LogP contribution in [0, 0.1) is 5.92 Å². The van der Waals surface area contributed by atoms with Crippen LogP contribution in [-0.4, -0.2) is 11.5 Å². The van der Waals surface area contributed by atoms with Gasteiger partial charge in [-0.1, -0.05) is 37.8 Å². The summed E-state index contributed by atoms with van der Waals surface area (Å²) in [6.07, 6.45) is 6.35. The number of ether oxygens (including phenoxy) is 1. The number of carbonyl (C=O) groups excluding carboxylic acids is 1. The summed E-state index contributed by atoms with van der Waals surface area (Å²) >= 11 is 5.99. The lowest BCUT2D eigenvalue weighted by molar-refractivity contribution is -0.147. The Kier molecular flexibility index (Phi) is 4.57. The Morgan fingerprint density at radius 1 is 1.46 bits per heavy atom. The van der Waals surface area contributed by atoms with Crippen LogP contribution in [0.4, 0.5) is 0 Å². The number of rotatable bonds is 3. The molecule has 1 unspecified atom stereocenters. The van der Waals surface area contributed by atoms with Crippen LogP contribution in [0.15, 0.2) is 0 Å². The van der Waals surface area contributed by atoms with Crippen LogP contribution in [-0.2, 0) is 9.53 Å². The van der Waals surface area contributed by atoms with Gasteiger partial charge in [0, 0.05) is 12.3 Å². The summed E-state index contributed by atoms with van der Waals surface area (Å²) < 4.78 is 5.07. The first-order valence-electron chi connectivity index (χ1n) is 5.07. The Labute approximate surface area is 84.6 Å². The molecule has 1 fully saturated rings. The van der Waals surface area contributed by atoms with Gasteiger partial charge >= 0.3 is 5.97 Å². The van der Waals surface area contributed by atoms with Crippen molar-refractivity contribution in [1.29, 1.82) is 0 Å². The Morgan fingerprint density at radius 3 is 2.62 bits per heavy atom. The maximum absolute atomic E-state index is 11.0. The summed E-state index contributed by atoms with van der Waals surface area (Å²) in [5.41, 5.74) is -0.396. The van der Waals surface area contributed by atoms with E-state index in [1.165, 1.54) is 19.3 Å². The van der Waals surface area contributed by atoms with Crippen LogP contribution in [0.3, 0.4) is 0 Å². The van der Waals surface area contributed by atoms with Gasteiger partial charge in [0.1, 0.15) is 0 Å². The largest absolute Gasteiger partial charge is 0.446 e. The highest BCUT2D eigenvalue weighted by Gasteiger charge is 2.24. The molecular formula is C10H17ClO2. The lowest BCUT2D eigenvalue weighted by atomic mass is 9.90. The van der Waals surface area contributed by atoms with Gasteiger partial charge < -0.3 is 4.74 Å². The summed E-state index contributed by atoms with van der Waals surface area (Å²) in [7, 11) is 0. The predicted octanol–water partition coefficient (Wildman–Crippen LogP) is 3.08. The van der Waals surface area contributed by atoms with Gasteiger partial charge in [0.15, 0.2) is 5.56 Å². The van der Waals surface area contributed by atoms with E-state index in [-0.39, 0.29) is 5.97 Å². The van der Waals surface area contributed by atoms with Gasteiger partial charge in [0.05, 0.1) is 0 Å². The lowest BCUT2D eigenvalue weighted by Gasteiger charge is -2.25. The smallest absolute Gasteiger partial charge is 0.306 e. The molecule has 1 rings (SSSR count). The fraction of sp³-hybridized carbons (Fsp3) is 0.900. The molecule has 1 saturated carbocycles. The number of hydrogen-bond donors (Lipinski definition) is 0. The number of carbonyl (C=O) groups is 1. The van der Waals surface area contributed by atoms with Crippen molar-refractivity contribution >= 4 is 17.6 Å². The minimum absolute atomic E-state index is 0.189. The van der Waals surface area contributed by atoms with Crippen molar-refractivity contribution in [2.45, 2.75) is 51.0 Å². The fourth-order valence-corrected chi connectivity index (χ4v) is 2.05. The van der Waals surface area contributed by atoms with E-state index in [0.29, 0.717) is 12.3 Å². The number of esters is 1. The molecule has 0 heterocycles. The molecule has 0 saturated heterocycles. The number of hydrogen-bond acceptors (Lipinski definition) is 2. The molecule has 76 valence electrons. The molecule has 0 amide bonds. The van der Waals surface area contributed by atoms with E-state index in [1.54, 1.807) is 6.92 Å². The van der Waals surface area contributed by atoms with Crippen molar-refractivity contribution in [1.82, 2.24) is 0 Å². The van der Waals surface area contributed by atoms with E-state index in [9.17, 15) is 4.79 Å². The zero-order chi connectivity index (χ0) is 9.68. The van der Waals surface area contributed by atoms with Crippen molar-refractivity contribution in [3.05, 3.63) is 0 Å². The fourth-order valence-electron chi connectivity index (χ4n) is 1.70. The second kappa shape index (κ2) is 5.48. The summed E-state index contributed by atoms with van der Waals surface area (Å²) in [5, 5.41) is 0. The molecular weight excluding hydrogens is 188 g/mol. The Bertz CT molecular complexity index is 164. The molecule has 0 aliphatic heterocycles. The monoisotopic (exact) mass is 204 g/mol. The molecule has 1 atom stereocenters. The minimum atomic E-state index is -0.396. The maximum atomic E-state index is 11.0. The van der Waals surface area contributed by atoms with Crippen LogP contribution < -0.4 is 0 Å². The van der Waals surface area contributed by atoms with Crippen molar-refractivity contribution < 1.29 is 9.53 Å². The number of alkyl halides is 1. The first kappa shape index (κ1) is 10.8. The quantitative estimate of drug-likeness (QED) is 0.522. The second-order valence-corrected chi connectivity index (χ2v) is 4.02. The first-order valence-corrected chi connectivity index (χ1v) is 5.51. The molecule has 0 aromatic carbocycles. The van der Waals surface area contributed by atoms with E-state index >= 15 is 0 Å². The molecule has 0 radical (unpaired) electrons. The van der Waals surface area contributed by atoms with Gasteiger partial charge in [-0.3, -0.25) is 4.79 Å². The summed E-state index contributed by atoms with van der Waals surface area (Å²) in [5.74, 6) is 0.191. The molecule has 3 heteroatoms. The summed E-state index contributed by atoms with van der Waals surface area (Å²) in [6, 6.07) is 0.